The Kier molecular flexibility index (Phi) is 5.64. The number of halogens is 2. The number of aromatic nitrogens is 1. The largest absolute Gasteiger partial charge is 0.495 e. The van der Waals surface area contributed by atoms with Gasteiger partial charge in [0, 0.05) is 5.56 Å². The van der Waals surface area contributed by atoms with E-state index < -0.39 is 9.84 Å². The molecule has 0 spiro atoms. The van der Waals surface area contributed by atoms with Crippen molar-refractivity contribution in [1.29, 1.82) is 0 Å². The molecule has 0 aliphatic carbocycles. The summed E-state index contributed by atoms with van der Waals surface area (Å²) in [6.45, 7) is 1.59. The van der Waals surface area contributed by atoms with Crippen LogP contribution in [0, 0.1) is 0 Å². The molecule has 142 valence electrons. The third-order valence-corrected chi connectivity index (χ3v) is 6.33. The van der Waals surface area contributed by atoms with Crippen LogP contribution in [0.5, 0.6) is 5.75 Å². The first-order valence-corrected chi connectivity index (χ1v) is 10.3. The molecule has 0 aliphatic heterocycles. The number of hydrogen-bond donors (Lipinski definition) is 1. The molecule has 0 saturated heterocycles. The fourth-order valence-corrected chi connectivity index (χ4v) is 3.58. The van der Waals surface area contributed by atoms with Gasteiger partial charge in [-0.05, 0) is 36.4 Å². The fourth-order valence-electron chi connectivity index (χ4n) is 2.37. The van der Waals surface area contributed by atoms with Crippen molar-refractivity contribution in [3.63, 3.8) is 0 Å². The Morgan fingerprint density at radius 3 is 2.59 bits per heavy atom. The molecule has 0 aliphatic rings. The number of nitrogens with one attached hydrogen (secondary N) is 1. The molecule has 3 rings (SSSR count). The van der Waals surface area contributed by atoms with E-state index in [2.05, 4.69) is 10.3 Å². The zero-order valence-corrected chi connectivity index (χ0v) is 16.8. The highest BCUT2D eigenvalue weighted by atomic mass is 35.5. The zero-order valence-electron chi connectivity index (χ0n) is 14.5. The number of anilines is 2. The van der Waals surface area contributed by atoms with Gasteiger partial charge in [-0.1, -0.05) is 30.1 Å². The van der Waals surface area contributed by atoms with Crippen molar-refractivity contribution in [3.05, 3.63) is 52.6 Å². The Balaban J connectivity index is 1.92. The van der Waals surface area contributed by atoms with Crippen molar-refractivity contribution in [2.45, 2.75) is 11.8 Å². The van der Waals surface area contributed by atoms with Gasteiger partial charge < -0.3 is 14.5 Å². The quantitative estimate of drug-likeness (QED) is 0.583. The lowest BCUT2D eigenvalue weighted by Gasteiger charge is -2.11. The Hall–Kier alpha value is -2.22. The van der Waals surface area contributed by atoms with Gasteiger partial charge in [-0.3, -0.25) is 0 Å². The molecular formula is C18H16Cl2N2O4S. The van der Waals surface area contributed by atoms with E-state index in [1.54, 1.807) is 31.2 Å². The minimum absolute atomic E-state index is 0.000749. The van der Waals surface area contributed by atoms with Crippen molar-refractivity contribution < 1.29 is 17.6 Å². The first-order chi connectivity index (χ1) is 12.8. The van der Waals surface area contributed by atoms with Gasteiger partial charge in [0.25, 0.3) is 6.01 Å². The summed E-state index contributed by atoms with van der Waals surface area (Å²) in [6.07, 6.45) is 1.53. The predicted octanol–water partition coefficient (Wildman–Crippen LogP) is 5.19. The zero-order chi connectivity index (χ0) is 19.6. The van der Waals surface area contributed by atoms with Gasteiger partial charge in [0.1, 0.15) is 5.75 Å². The van der Waals surface area contributed by atoms with Gasteiger partial charge in [-0.25, -0.2) is 13.4 Å². The first-order valence-electron chi connectivity index (χ1n) is 7.93. The molecule has 0 bridgehead atoms. The second kappa shape index (κ2) is 7.80. The van der Waals surface area contributed by atoms with Crippen molar-refractivity contribution in [3.8, 4) is 17.1 Å². The number of nitrogens with zero attached hydrogens (tertiary/aromatic N) is 1. The Morgan fingerprint density at radius 1 is 1.15 bits per heavy atom. The van der Waals surface area contributed by atoms with Crippen molar-refractivity contribution in [2.24, 2.45) is 0 Å². The molecule has 27 heavy (non-hydrogen) atoms. The van der Waals surface area contributed by atoms with Crippen LogP contribution in [0.2, 0.25) is 10.0 Å². The van der Waals surface area contributed by atoms with E-state index in [0.29, 0.717) is 32.8 Å². The highest BCUT2D eigenvalue weighted by molar-refractivity contribution is 7.91. The van der Waals surface area contributed by atoms with Gasteiger partial charge in [0.2, 0.25) is 0 Å². The molecule has 0 fully saturated rings. The normalized spacial score (nSPS) is 11.4. The summed E-state index contributed by atoms with van der Waals surface area (Å²) >= 11 is 12.0. The minimum Gasteiger partial charge on any atom is -0.495 e. The van der Waals surface area contributed by atoms with Gasteiger partial charge >= 0.3 is 0 Å². The van der Waals surface area contributed by atoms with E-state index in [4.69, 9.17) is 32.4 Å². The topological polar surface area (TPSA) is 81.4 Å². The molecule has 0 saturated carbocycles. The molecule has 1 heterocycles. The first kappa shape index (κ1) is 19.5. The van der Waals surface area contributed by atoms with Gasteiger partial charge in [0.15, 0.2) is 15.6 Å². The summed E-state index contributed by atoms with van der Waals surface area (Å²) in [5.41, 5.74) is 1.13. The highest BCUT2D eigenvalue weighted by Gasteiger charge is 2.16. The standard InChI is InChI=1S/C18H16Cl2N2O4S/c1-3-27(23,24)12-5-7-16(25-2)15(9-12)22-18-21-10-17(26-18)11-4-6-13(19)14(20)8-11/h4-10H,3H2,1-2H3,(H,21,22). The summed E-state index contributed by atoms with van der Waals surface area (Å²) in [7, 11) is -1.87. The minimum atomic E-state index is -3.36. The van der Waals surface area contributed by atoms with Crippen LogP contribution in [0.4, 0.5) is 11.7 Å². The number of ether oxygens (including phenoxy) is 1. The Bertz CT molecular complexity index is 1080. The molecule has 0 radical (unpaired) electrons. The lowest BCUT2D eigenvalue weighted by Crippen LogP contribution is -2.05. The van der Waals surface area contributed by atoms with Gasteiger partial charge in [-0.2, -0.15) is 0 Å². The summed E-state index contributed by atoms with van der Waals surface area (Å²) < 4.78 is 35.2. The molecular weight excluding hydrogens is 411 g/mol. The number of rotatable bonds is 6. The van der Waals surface area contributed by atoms with Crippen LogP contribution in [0.1, 0.15) is 6.92 Å². The van der Waals surface area contributed by atoms with Crippen LogP contribution in [-0.2, 0) is 9.84 Å². The van der Waals surface area contributed by atoms with Crippen molar-refractivity contribution in [1.82, 2.24) is 4.98 Å². The summed E-state index contributed by atoms with van der Waals surface area (Å²) in [6, 6.07) is 9.84. The van der Waals surface area contributed by atoms with Crippen LogP contribution in [-0.4, -0.2) is 26.3 Å². The maximum Gasteiger partial charge on any atom is 0.299 e. The number of methoxy groups -OCH3 is 1. The average molecular weight is 427 g/mol. The molecule has 0 amide bonds. The number of sulfone groups is 1. The summed E-state index contributed by atoms with van der Waals surface area (Å²) in [5.74, 6) is 0.936. The molecule has 6 nitrogen and oxygen atoms in total. The van der Waals surface area contributed by atoms with E-state index in [0.717, 1.165) is 0 Å². The van der Waals surface area contributed by atoms with E-state index >= 15 is 0 Å². The van der Waals surface area contributed by atoms with E-state index in [-0.39, 0.29) is 16.7 Å². The molecule has 9 heteroatoms. The Labute approximate surface area is 167 Å². The van der Waals surface area contributed by atoms with E-state index in [1.165, 1.54) is 25.4 Å². The number of hydrogen-bond acceptors (Lipinski definition) is 6. The van der Waals surface area contributed by atoms with E-state index in [1.807, 2.05) is 0 Å². The second-order valence-electron chi connectivity index (χ2n) is 5.55. The van der Waals surface area contributed by atoms with Gasteiger partial charge in [-0.15, -0.1) is 0 Å². The average Bonchev–Trinajstić information content (AvgIpc) is 3.12. The number of oxazole rings is 1. The molecule has 2 aromatic carbocycles. The predicted molar refractivity (Wildman–Crippen MR) is 106 cm³/mol. The fraction of sp³-hybridized carbons (Fsp3) is 0.167. The van der Waals surface area contributed by atoms with Crippen LogP contribution in [0.25, 0.3) is 11.3 Å². The van der Waals surface area contributed by atoms with Crippen LogP contribution in [0.3, 0.4) is 0 Å². The third kappa shape index (κ3) is 4.21. The summed E-state index contributed by atoms with van der Waals surface area (Å²) in [4.78, 5) is 4.35. The van der Waals surface area contributed by atoms with Crippen LogP contribution in [0.15, 0.2) is 51.9 Å². The summed E-state index contributed by atoms with van der Waals surface area (Å²) in [5, 5.41) is 3.79. The van der Waals surface area contributed by atoms with Crippen molar-refractivity contribution in [2.75, 3.05) is 18.2 Å². The Morgan fingerprint density at radius 2 is 1.93 bits per heavy atom. The monoisotopic (exact) mass is 426 g/mol. The molecule has 3 aromatic rings. The highest BCUT2D eigenvalue weighted by Crippen LogP contribution is 2.33. The van der Waals surface area contributed by atoms with E-state index in [9.17, 15) is 8.42 Å². The molecule has 1 N–H and O–H groups in total. The van der Waals surface area contributed by atoms with Crippen molar-refractivity contribution >= 4 is 44.7 Å². The molecule has 1 aromatic heterocycles. The smallest absolute Gasteiger partial charge is 0.299 e. The lowest BCUT2D eigenvalue weighted by atomic mass is 10.2. The number of benzene rings is 2. The van der Waals surface area contributed by atoms with Crippen LogP contribution >= 0.6 is 23.2 Å². The SMILES string of the molecule is CCS(=O)(=O)c1ccc(OC)c(Nc2ncc(-c3ccc(Cl)c(Cl)c3)o2)c1. The maximum absolute atomic E-state index is 12.1. The maximum atomic E-state index is 12.1. The molecule has 0 atom stereocenters. The lowest BCUT2D eigenvalue weighted by molar-refractivity contribution is 0.416. The second-order valence-corrected chi connectivity index (χ2v) is 8.64. The van der Waals surface area contributed by atoms with Gasteiger partial charge in [0.05, 0.1) is 39.7 Å². The van der Waals surface area contributed by atoms with Crippen LogP contribution < -0.4 is 10.1 Å². The third-order valence-electron chi connectivity index (χ3n) is 3.86. The molecule has 0 unspecified atom stereocenters.